The lowest BCUT2D eigenvalue weighted by Gasteiger charge is -2.35. The highest BCUT2D eigenvalue weighted by Gasteiger charge is 2.48. The van der Waals surface area contributed by atoms with E-state index >= 15 is 0 Å². The molecule has 1 fully saturated rings. The summed E-state index contributed by atoms with van der Waals surface area (Å²) >= 11 is 0. The fourth-order valence-electron chi connectivity index (χ4n) is 1.26. The zero-order valence-corrected chi connectivity index (χ0v) is 8.44. The zero-order chi connectivity index (χ0) is 7.99. The predicted molar refractivity (Wildman–Crippen MR) is 46.7 cm³/mol. The van der Waals surface area contributed by atoms with Crippen molar-refractivity contribution in [2.45, 2.75) is 44.6 Å². The Morgan fingerprint density at radius 2 is 1.70 bits per heavy atom. The average molecular weight is 158 g/mol. The fraction of sp³-hybridized carbons (Fsp3) is 1.00. The standard InChI is InChI=1S/C8H18OSi/c1-8(9,7-5-6-7)10(2,3)4/h7,9H,5-6H2,1-4H3. The van der Waals surface area contributed by atoms with E-state index in [1.165, 1.54) is 12.8 Å². The molecule has 1 aliphatic carbocycles. The third kappa shape index (κ3) is 1.27. The first-order valence-corrected chi connectivity index (χ1v) is 7.58. The van der Waals surface area contributed by atoms with Crippen molar-refractivity contribution in [1.29, 1.82) is 0 Å². The van der Waals surface area contributed by atoms with Crippen molar-refractivity contribution in [1.82, 2.24) is 0 Å². The summed E-state index contributed by atoms with van der Waals surface area (Å²) in [4.78, 5) is 0. The Kier molecular flexibility index (Phi) is 1.72. The van der Waals surface area contributed by atoms with E-state index in [0.717, 1.165) is 0 Å². The summed E-state index contributed by atoms with van der Waals surface area (Å²) in [6.45, 7) is 8.75. The van der Waals surface area contributed by atoms with Gasteiger partial charge in [0.1, 0.15) is 0 Å². The first kappa shape index (κ1) is 8.28. The quantitative estimate of drug-likeness (QED) is 0.610. The maximum absolute atomic E-state index is 10.1. The van der Waals surface area contributed by atoms with Crippen LogP contribution < -0.4 is 0 Å². The average Bonchev–Trinajstić information content (AvgIpc) is 2.38. The van der Waals surface area contributed by atoms with Gasteiger partial charge in [0.25, 0.3) is 0 Å². The lowest BCUT2D eigenvalue weighted by Crippen LogP contribution is -2.51. The molecule has 1 nitrogen and oxygen atoms in total. The van der Waals surface area contributed by atoms with E-state index in [4.69, 9.17) is 0 Å². The Labute approximate surface area is 64.5 Å². The molecule has 0 aliphatic heterocycles. The van der Waals surface area contributed by atoms with Gasteiger partial charge >= 0.3 is 0 Å². The molecule has 60 valence electrons. The normalized spacial score (nSPS) is 26.1. The monoisotopic (exact) mass is 158 g/mol. The summed E-state index contributed by atoms with van der Waals surface area (Å²) in [6, 6.07) is 0. The van der Waals surface area contributed by atoms with Crippen LogP contribution in [0.15, 0.2) is 0 Å². The van der Waals surface area contributed by atoms with Crippen LogP contribution in [-0.2, 0) is 0 Å². The van der Waals surface area contributed by atoms with Crippen molar-refractivity contribution in [2.75, 3.05) is 0 Å². The van der Waals surface area contributed by atoms with Crippen LogP contribution in [0.2, 0.25) is 19.6 Å². The molecule has 0 bridgehead atoms. The minimum absolute atomic E-state index is 0.312. The minimum Gasteiger partial charge on any atom is -0.393 e. The zero-order valence-electron chi connectivity index (χ0n) is 7.44. The molecular weight excluding hydrogens is 140 g/mol. The van der Waals surface area contributed by atoms with Gasteiger partial charge in [-0.15, -0.1) is 0 Å². The van der Waals surface area contributed by atoms with Crippen LogP contribution in [0, 0.1) is 5.92 Å². The Balaban J connectivity index is 2.66. The molecule has 0 amide bonds. The molecule has 1 saturated carbocycles. The first-order chi connectivity index (χ1) is 4.36. The number of hydrogen-bond donors (Lipinski definition) is 1. The Morgan fingerprint density at radius 3 is 1.80 bits per heavy atom. The second-order valence-corrected chi connectivity index (χ2v) is 10.2. The molecule has 10 heavy (non-hydrogen) atoms. The summed E-state index contributed by atoms with van der Waals surface area (Å²) in [7, 11) is -1.33. The molecule has 2 heteroatoms. The number of rotatable bonds is 2. The Hall–Kier alpha value is 0.177. The van der Waals surface area contributed by atoms with Crippen LogP contribution in [0.5, 0.6) is 0 Å². The highest BCUT2D eigenvalue weighted by atomic mass is 28.3. The lowest BCUT2D eigenvalue weighted by atomic mass is 10.2. The molecule has 0 spiro atoms. The highest BCUT2D eigenvalue weighted by Crippen LogP contribution is 2.43. The van der Waals surface area contributed by atoms with Gasteiger partial charge in [-0.25, -0.2) is 0 Å². The highest BCUT2D eigenvalue weighted by molar-refractivity contribution is 6.78. The van der Waals surface area contributed by atoms with Gasteiger partial charge < -0.3 is 5.11 Å². The third-order valence-electron chi connectivity index (χ3n) is 2.89. The molecule has 0 aromatic carbocycles. The van der Waals surface area contributed by atoms with Crippen molar-refractivity contribution in [3.05, 3.63) is 0 Å². The van der Waals surface area contributed by atoms with Crippen LogP contribution in [0.1, 0.15) is 19.8 Å². The van der Waals surface area contributed by atoms with E-state index in [-0.39, 0.29) is 5.22 Å². The van der Waals surface area contributed by atoms with Crippen molar-refractivity contribution in [3.63, 3.8) is 0 Å². The fourth-order valence-corrected chi connectivity index (χ4v) is 2.77. The van der Waals surface area contributed by atoms with Crippen LogP contribution >= 0.6 is 0 Å². The molecule has 0 saturated heterocycles. The molecular formula is C8H18OSi. The topological polar surface area (TPSA) is 20.2 Å². The second-order valence-electron chi connectivity index (χ2n) is 4.67. The van der Waals surface area contributed by atoms with Gasteiger partial charge in [0, 0.05) is 0 Å². The van der Waals surface area contributed by atoms with Crippen LogP contribution in [-0.4, -0.2) is 18.4 Å². The van der Waals surface area contributed by atoms with Crippen LogP contribution in [0.25, 0.3) is 0 Å². The van der Waals surface area contributed by atoms with Crippen molar-refractivity contribution < 1.29 is 5.11 Å². The number of aliphatic hydroxyl groups is 1. The van der Waals surface area contributed by atoms with E-state index in [9.17, 15) is 5.11 Å². The van der Waals surface area contributed by atoms with Gasteiger partial charge in [-0.1, -0.05) is 19.6 Å². The minimum atomic E-state index is -1.33. The summed E-state index contributed by atoms with van der Waals surface area (Å²) in [6.07, 6.45) is 2.49. The molecule has 0 heterocycles. The van der Waals surface area contributed by atoms with Crippen LogP contribution in [0.3, 0.4) is 0 Å². The predicted octanol–water partition coefficient (Wildman–Crippen LogP) is 2.02. The molecule has 1 aliphatic rings. The van der Waals surface area contributed by atoms with Crippen molar-refractivity contribution in [2.24, 2.45) is 5.92 Å². The Bertz CT molecular complexity index is 131. The summed E-state index contributed by atoms with van der Waals surface area (Å²) in [5.74, 6) is 0.624. The molecule has 1 N–H and O–H groups in total. The van der Waals surface area contributed by atoms with Gasteiger partial charge in [0.2, 0.25) is 0 Å². The molecule has 0 aromatic rings. The van der Waals surface area contributed by atoms with E-state index in [0.29, 0.717) is 5.92 Å². The van der Waals surface area contributed by atoms with E-state index in [1.54, 1.807) is 0 Å². The lowest BCUT2D eigenvalue weighted by molar-refractivity contribution is 0.111. The third-order valence-corrected chi connectivity index (χ3v) is 6.34. The molecule has 1 atom stereocenters. The SMILES string of the molecule is CC(O)(C1CC1)[Si](C)(C)C. The van der Waals surface area contributed by atoms with E-state index < -0.39 is 8.07 Å². The maximum atomic E-state index is 10.1. The molecule has 1 unspecified atom stereocenters. The van der Waals surface area contributed by atoms with Crippen molar-refractivity contribution >= 4 is 8.07 Å². The largest absolute Gasteiger partial charge is 0.393 e. The smallest absolute Gasteiger partial charge is 0.0820 e. The van der Waals surface area contributed by atoms with Gasteiger partial charge in [0.15, 0.2) is 0 Å². The van der Waals surface area contributed by atoms with Gasteiger partial charge in [-0.2, -0.15) is 0 Å². The Morgan fingerprint density at radius 1 is 1.30 bits per heavy atom. The van der Waals surface area contributed by atoms with E-state index in [2.05, 4.69) is 19.6 Å². The number of hydrogen-bond acceptors (Lipinski definition) is 1. The van der Waals surface area contributed by atoms with Crippen LogP contribution in [0.4, 0.5) is 0 Å². The van der Waals surface area contributed by atoms with Gasteiger partial charge in [0.05, 0.1) is 13.3 Å². The molecule has 0 aromatic heterocycles. The van der Waals surface area contributed by atoms with Gasteiger partial charge in [-0.05, 0) is 25.7 Å². The second kappa shape index (κ2) is 2.08. The maximum Gasteiger partial charge on any atom is 0.0820 e. The van der Waals surface area contributed by atoms with E-state index in [1.807, 2.05) is 6.92 Å². The first-order valence-electron chi connectivity index (χ1n) is 4.08. The van der Waals surface area contributed by atoms with Crippen molar-refractivity contribution in [3.8, 4) is 0 Å². The molecule has 1 rings (SSSR count). The van der Waals surface area contributed by atoms with Gasteiger partial charge in [-0.3, -0.25) is 0 Å². The molecule has 0 radical (unpaired) electrons. The summed E-state index contributed by atoms with van der Waals surface area (Å²) < 4.78 is 0. The summed E-state index contributed by atoms with van der Waals surface area (Å²) in [5.41, 5.74) is 0. The summed E-state index contributed by atoms with van der Waals surface area (Å²) in [5, 5.41) is 9.74.